The van der Waals surface area contributed by atoms with Gasteiger partial charge in [-0.15, -0.1) is 0 Å². The number of nitrogens with one attached hydrogen (secondary N) is 1. The molecule has 30 heavy (non-hydrogen) atoms. The SMILES string of the molecule is CCOc1ccc(N(CC(=O)Nc2ccc(Br)cc2)S(=O)(=O)c2ccccc2)cc1. The Bertz CT molecular complexity index is 1090. The summed E-state index contributed by atoms with van der Waals surface area (Å²) in [5.74, 6) is 0.170. The van der Waals surface area contributed by atoms with E-state index in [1.807, 2.05) is 6.92 Å². The van der Waals surface area contributed by atoms with Crippen LogP contribution >= 0.6 is 15.9 Å². The second-order valence-corrected chi connectivity index (χ2v) is 9.08. The van der Waals surface area contributed by atoms with Crippen LogP contribution in [0.1, 0.15) is 6.92 Å². The lowest BCUT2D eigenvalue weighted by molar-refractivity contribution is -0.114. The number of amides is 1. The maximum atomic E-state index is 13.3. The Morgan fingerprint density at radius 3 is 2.20 bits per heavy atom. The van der Waals surface area contributed by atoms with Crippen molar-refractivity contribution in [2.24, 2.45) is 0 Å². The number of ether oxygens (including phenoxy) is 1. The molecule has 3 aromatic carbocycles. The largest absolute Gasteiger partial charge is 0.494 e. The van der Waals surface area contributed by atoms with Gasteiger partial charge in [-0.2, -0.15) is 0 Å². The van der Waals surface area contributed by atoms with Crippen molar-refractivity contribution in [1.29, 1.82) is 0 Å². The maximum absolute atomic E-state index is 13.3. The highest BCUT2D eigenvalue weighted by atomic mass is 79.9. The molecule has 0 saturated carbocycles. The number of carbonyl (C=O) groups excluding carboxylic acids is 1. The van der Waals surface area contributed by atoms with Crippen LogP contribution in [0.2, 0.25) is 0 Å². The average Bonchev–Trinajstić information content (AvgIpc) is 2.75. The Kier molecular flexibility index (Phi) is 7.12. The highest BCUT2D eigenvalue weighted by molar-refractivity contribution is 9.10. The van der Waals surface area contributed by atoms with Crippen molar-refractivity contribution < 1.29 is 17.9 Å². The Balaban J connectivity index is 1.90. The van der Waals surface area contributed by atoms with Crippen LogP contribution in [0.15, 0.2) is 88.2 Å². The molecule has 3 aromatic rings. The third kappa shape index (κ3) is 5.40. The van der Waals surface area contributed by atoms with Crippen molar-refractivity contribution in [3.63, 3.8) is 0 Å². The molecule has 6 nitrogen and oxygen atoms in total. The number of hydrogen-bond acceptors (Lipinski definition) is 4. The first-order valence-corrected chi connectivity index (χ1v) is 11.5. The summed E-state index contributed by atoms with van der Waals surface area (Å²) in [4.78, 5) is 12.8. The lowest BCUT2D eigenvalue weighted by Crippen LogP contribution is -2.38. The zero-order chi connectivity index (χ0) is 21.6. The predicted molar refractivity (Wildman–Crippen MR) is 121 cm³/mol. The third-order valence-corrected chi connectivity index (χ3v) is 6.50. The van der Waals surface area contributed by atoms with E-state index in [9.17, 15) is 13.2 Å². The summed E-state index contributed by atoms with van der Waals surface area (Å²) in [5, 5.41) is 2.73. The van der Waals surface area contributed by atoms with Crippen LogP contribution in [-0.4, -0.2) is 27.5 Å². The third-order valence-electron chi connectivity index (χ3n) is 4.18. The zero-order valence-electron chi connectivity index (χ0n) is 16.3. The number of halogens is 1. The molecule has 0 atom stereocenters. The maximum Gasteiger partial charge on any atom is 0.264 e. The van der Waals surface area contributed by atoms with E-state index in [0.29, 0.717) is 23.7 Å². The number of carbonyl (C=O) groups is 1. The van der Waals surface area contributed by atoms with E-state index in [-0.39, 0.29) is 11.4 Å². The van der Waals surface area contributed by atoms with Gasteiger partial charge >= 0.3 is 0 Å². The smallest absolute Gasteiger partial charge is 0.264 e. The molecular formula is C22H21BrN2O4S. The number of benzene rings is 3. The molecule has 0 radical (unpaired) electrons. The molecule has 0 unspecified atom stereocenters. The van der Waals surface area contributed by atoms with Crippen LogP contribution in [0.4, 0.5) is 11.4 Å². The van der Waals surface area contributed by atoms with Gasteiger partial charge in [-0.25, -0.2) is 8.42 Å². The molecular weight excluding hydrogens is 468 g/mol. The van der Waals surface area contributed by atoms with Crippen molar-refractivity contribution in [3.05, 3.63) is 83.3 Å². The van der Waals surface area contributed by atoms with E-state index in [1.165, 1.54) is 12.1 Å². The van der Waals surface area contributed by atoms with Crippen molar-refractivity contribution >= 4 is 43.2 Å². The fraction of sp³-hybridized carbons (Fsp3) is 0.136. The second kappa shape index (κ2) is 9.77. The summed E-state index contributed by atoms with van der Waals surface area (Å²) < 4.78 is 34.0. The first kappa shape index (κ1) is 21.9. The monoisotopic (exact) mass is 488 g/mol. The van der Waals surface area contributed by atoms with Crippen molar-refractivity contribution in [2.75, 3.05) is 22.8 Å². The van der Waals surface area contributed by atoms with Crippen LogP contribution in [0, 0.1) is 0 Å². The highest BCUT2D eigenvalue weighted by Gasteiger charge is 2.27. The number of hydrogen-bond donors (Lipinski definition) is 1. The van der Waals surface area contributed by atoms with Gasteiger partial charge in [-0.05, 0) is 67.6 Å². The fourth-order valence-corrected chi connectivity index (χ4v) is 4.48. The van der Waals surface area contributed by atoms with E-state index in [0.717, 1.165) is 8.78 Å². The van der Waals surface area contributed by atoms with Crippen molar-refractivity contribution in [3.8, 4) is 5.75 Å². The number of rotatable bonds is 8. The fourth-order valence-electron chi connectivity index (χ4n) is 2.77. The highest BCUT2D eigenvalue weighted by Crippen LogP contribution is 2.26. The predicted octanol–water partition coefficient (Wildman–Crippen LogP) is 4.68. The molecule has 0 aliphatic rings. The molecule has 0 saturated heterocycles. The molecule has 0 aliphatic heterocycles. The molecule has 1 N–H and O–H groups in total. The molecule has 0 spiro atoms. The van der Waals surface area contributed by atoms with Crippen LogP contribution in [0.3, 0.4) is 0 Å². The van der Waals surface area contributed by atoms with Gasteiger partial charge in [0.1, 0.15) is 12.3 Å². The van der Waals surface area contributed by atoms with Gasteiger partial charge < -0.3 is 10.1 Å². The molecule has 0 heterocycles. The van der Waals surface area contributed by atoms with Crippen LogP contribution < -0.4 is 14.4 Å². The van der Waals surface area contributed by atoms with Crippen LogP contribution in [-0.2, 0) is 14.8 Å². The number of nitrogens with zero attached hydrogens (tertiary/aromatic N) is 1. The Hall–Kier alpha value is -2.84. The summed E-state index contributed by atoms with van der Waals surface area (Å²) >= 11 is 3.34. The Labute approximate surface area is 184 Å². The Morgan fingerprint density at radius 1 is 0.967 bits per heavy atom. The van der Waals surface area contributed by atoms with E-state index < -0.39 is 15.9 Å². The van der Waals surface area contributed by atoms with E-state index in [2.05, 4.69) is 21.2 Å². The molecule has 0 fully saturated rings. The van der Waals surface area contributed by atoms with Gasteiger partial charge in [0, 0.05) is 10.2 Å². The van der Waals surface area contributed by atoms with Crippen molar-refractivity contribution in [2.45, 2.75) is 11.8 Å². The average molecular weight is 489 g/mol. The minimum Gasteiger partial charge on any atom is -0.494 e. The minimum absolute atomic E-state index is 0.107. The number of anilines is 2. The lowest BCUT2D eigenvalue weighted by Gasteiger charge is -2.24. The lowest BCUT2D eigenvalue weighted by atomic mass is 10.3. The summed E-state index contributed by atoms with van der Waals surface area (Å²) in [5.41, 5.74) is 0.945. The molecule has 156 valence electrons. The topological polar surface area (TPSA) is 75.7 Å². The molecule has 3 rings (SSSR count). The van der Waals surface area contributed by atoms with E-state index in [4.69, 9.17) is 4.74 Å². The molecule has 8 heteroatoms. The molecule has 1 amide bonds. The van der Waals surface area contributed by atoms with Gasteiger partial charge in [0.2, 0.25) is 5.91 Å². The first-order valence-electron chi connectivity index (χ1n) is 9.26. The van der Waals surface area contributed by atoms with Crippen LogP contribution in [0.25, 0.3) is 0 Å². The van der Waals surface area contributed by atoms with Gasteiger partial charge in [-0.1, -0.05) is 34.1 Å². The minimum atomic E-state index is -3.95. The second-order valence-electron chi connectivity index (χ2n) is 6.31. The molecule has 0 aromatic heterocycles. The molecule has 0 aliphatic carbocycles. The summed E-state index contributed by atoms with van der Waals surface area (Å²) in [6.07, 6.45) is 0. The van der Waals surface area contributed by atoms with Gasteiger partial charge in [-0.3, -0.25) is 9.10 Å². The summed E-state index contributed by atoms with van der Waals surface area (Å²) in [6, 6.07) is 21.7. The number of sulfonamides is 1. The Morgan fingerprint density at radius 2 is 1.60 bits per heavy atom. The van der Waals surface area contributed by atoms with Crippen molar-refractivity contribution in [1.82, 2.24) is 0 Å². The zero-order valence-corrected chi connectivity index (χ0v) is 18.7. The first-order chi connectivity index (χ1) is 14.4. The summed E-state index contributed by atoms with van der Waals surface area (Å²) in [7, 11) is -3.95. The van der Waals surface area contributed by atoms with Gasteiger partial charge in [0.05, 0.1) is 17.2 Å². The standard InChI is InChI=1S/C22H21BrN2O4S/c1-2-29-20-14-12-19(13-15-20)25(30(27,28)21-6-4-3-5-7-21)16-22(26)24-18-10-8-17(23)9-11-18/h3-15H,2,16H2,1H3,(H,24,26). The quantitative estimate of drug-likeness (QED) is 0.499. The molecule has 0 bridgehead atoms. The van der Waals surface area contributed by atoms with Gasteiger partial charge in [0.15, 0.2) is 0 Å². The van der Waals surface area contributed by atoms with E-state index in [1.54, 1.807) is 66.7 Å². The summed E-state index contributed by atoms with van der Waals surface area (Å²) in [6.45, 7) is 1.99. The van der Waals surface area contributed by atoms with Gasteiger partial charge in [0.25, 0.3) is 10.0 Å². The van der Waals surface area contributed by atoms with E-state index >= 15 is 0 Å². The van der Waals surface area contributed by atoms with Crippen LogP contribution in [0.5, 0.6) is 5.75 Å². The normalized spacial score (nSPS) is 11.0.